The Labute approximate surface area is 178 Å². The normalized spacial score (nSPS) is 25.7. The molecule has 0 bridgehead atoms. The van der Waals surface area contributed by atoms with Crippen molar-refractivity contribution in [2.75, 3.05) is 45.9 Å². The van der Waals surface area contributed by atoms with Gasteiger partial charge in [0.05, 0.1) is 10.8 Å². The molecule has 3 atom stereocenters. The van der Waals surface area contributed by atoms with Crippen LogP contribution in [0, 0.1) is 11.8 Å². The number of rotatable bonds is 8. The average molecular weight is 422 g/mol. The van der Waals surface area contributed by atoms with Crippen LogP contribution in [-0.4, -0.2) is 73.6 Å². The first-order valence-electron chi connectivity index (χ1n) is 11.0. The molecule has 0 radical (unpaired) electrons. The highest BCUT2D eigenvalue weighted by Crippen LogP contribution is 2.22. The van der Waals surface area contributed by atoms with Gasteiger partial charge in [0.2, 0.25) is 5.91 Å². The van der Waals surface area contributed by atoms with E-state index >= 15 is 0 Å². The predicted octanol–water partition coefficient (Wildman–Crippen LogP) is 2.85. The molecule has 2 amide bonds. The van der Waals surface area contributed by atoms with Crippen molar-refractivity contribution < 1.29 is 14.3 Å². The number of amides is 2. The molecule has 1 aromatic rings. The van der Waals surface area contributed by atoms with Gasteiger partial charge in [0.1, 0.15) is 0 Å². The lowest BCUT2D eigenvalue weighted by Gasteiger charge is -2.39. The van der Waals surface area contributed by atoms with E-state index in [0.29, 0.717) is 12.5 Å². The lowest BCUT2D eigenvalue weighted by atomic mass is 9.91. The van der Waals surface area contributed by atoms with Crippen LogP contribution < -0.4 is 5.32 Å². The highest BCUT2D eigenvalue weighted by molar-refractivity contribution is 7.12. The van der Waals surface area contributed by atoms with Gasteiger partial charge in [-0.25, -0.2) is 0 Å². The molecule has 7 heteroatoms. The number of nitrogens with zero attached hydrogens (tertiary/aromatic N) is 2. The Hall–Kier alpha value is -1.44. The molecular formula is C22H35N3O3S. The quantitative estimate of drug-likeness (QED) is 0.656. The fraction of sp³-hybridized carbons (Fsp3) is 0.727. The number of carbonyl (C=O) groups is 2. The molecule has 0 saturated carbocycles. The third-order valence-corrected chi connectivity index (χ3v) is 6.95. The van der Waals surface area contributed by atoms with Crippen molar-refractivity contribution in [1.82, 2.24) is 15.1 Å². The summed E-state index contributed by atoms with van der Waals surface area (Å²) in [5.74, 6) is 0.526. The first-order valence-corrected chi connectivity index (χ1v) is 11.9. The van der Waals surface area contributed by atoms with Crippen LogP contribution in [0.3, 0.4) is 0 Å². The SMILES string of the molecule is CCOCCCN1CCC(NC(=O)C2CCCN(C(=O)c3cccs3)C2)C(C)C1. The van der Waals surface area contributed by atoms with Gasteiger partial charge < -0.3 is 19.9 Å². The summed E-state index contributed by atoms with van der Waals surface area (Å²) >= 11 is 1.47. The van der Waals surface area contributed by atoms with E-state index in [9.17, 15) is 9.59 Å². The summed E-state index contributed by atoms with van der Waals surface area (Å²) in [4.78, 5) is 30.6. The first-order chi connectivity index (χ1) is 14.1. The van der Waals surface area contributed by atoms with Crippen molar-refractivity contribution in [1.29, 1.82) is 0 Å². The Kier molecular flexibility index (Phi) is 8.51. The molecule has 2 aliphatic heterocycles. The van der Waals surface area contributed by atoms with Gasteiger partial charge in [-0.3, -0.25) is 9.59 Å². The van der Waals surface area contributed by atoms with Crippen LogP contribution in [0.4, 0.5) is 0 Å². The number of thiophene rings is 1. The molecule has 1 aromatic heterocycles. The van der Waals surface area contributed by atoms with E-state index in [0.717, 1.165) is 70.0 Å². The number of ether oxygens (including phenoxy) is 1. The van der Waals surface area contributed by atoms with E-state index in [1.165, 1.54) is 11.3 Å². The minimum absolute atomic E-state index is 0.0613. The standard InChI is InChI=1S/C22H35N3O3S/c1-3-28-13-6-10-24-12-9-19(17(2)15-24)23-21(26)18-7-4-11-25(16-18)22(27)20-8-5-14-29-20/h5,8,14,17-19H,3-4,6-7,9-13,15-16H2,1-2H3,(H,23,26). The Morgan fingerprint density at radius 1 is 1.28 bits per heavy atom. The fourth-order valence-electron chi connectivity index (χ4n) is 4.42. The molecular weight excluding hydrogens is 386 g/mol. The van der Waals surface area contributed by atoms with E-state index in [2.05, 4.69) is 17.1 Å². The number of likely N-dealkylation sites (tertiary alicyclic amines) is 2. The molecule has 0 spiro atoms. The first kappa shape index (κ1) is 22.2. The molecule has 3 heterocycles. The Morgan fingerprint density at radius 2 is 2.14 bits per heavy atom. The van der Waals surface area contributed by atoms with E-state index in [4.69, 9.17) is 4.74 Å². The molecule has 0 aliphatic carbocycles. The molecule has 2 aliphatic rings. The van der Waals surface area contributed by atoms with Crippen LogP contribution in [-0.2, 0) is 9.53 Å². The zero-order chi connectivity index (χ0) is 20.6. The summed E-state index contributed by atoms with van der Waals surface area (Å²) in [5.41, 5.74) is 0. The number of piperidine rings is 2. The summed E-state index contributed by atoms with van der Waals surface area (Å²) in [6, 6.07) is 3.99. The summed E-state index contributed by atoms with van der Waals surface area (Å²) < 4.78 is 5.43. The fourth-order valence-corrected chi connectivity index (χ4v) is 5.11. The van der Waals surface area contributed by atoms with Crippen LogP contribution in [0.2, 0.25) is 0 Å². The Morgan fingerprint density at radius 3 is 2.86 bits per heavy atom. The van der Waals surface area contributed by atoms with Crippen molar-refractivity contribution >= 4 is 23.2 Å². The Bertz CT molecular complexity index is 652. The zero-order valence-corrected chi connectivity index (χ0v) is 18.6. The van der Waals surface area contributed by atoms with E-state index in [1.807, 2.05) is 29.3 Å². The van der Waals surface area contributed by atoms with Crippen molar-refractivity contribution in [2.24, 2.45) is 11.8 Å². The minimum Gasteiger partial charge on any atom is -0.382 e. The maximum absolute atomic E-state index is 12.9. The molecule has 0 aromatic carbocycles. The third kappa shape index (κ3) is 6.27. The number of hydrogen-bond acceptors (Lipinski definition) is 5. The van der Waals surface area contributed by atoms with Gasteiger partial charge in [-0.1, -0.05) is 13.0 Å². The van der Waals surface area contributed by atoms with Crippen LogP contribution in [0.1, 0.15) is 49.2 Å². The second-order valence-corrected chi connectivity index (χ2v) is 9.25. The van der Waals surface area contributed by atoms with Crippen molar-refractivity contribution in [3.8, 4) is 0 Å². The van der Waals surface area contributed by atoms with Crippen molar-refractivity contribution in [3.63, 3.8) is 0 Å². The largest absolute Gasteiger partial charge is 0.382 e. The van der Waals surface area contributed by atoms with Gasteiger partial charge >= 0.3 is 0 Å². The van der Waals surface area contributed by atoms with Gasteiger partial charge in [-0.05, 0) is 50.0 Å². The smallest absolute Gasteiger partial charge is 0.263 e. The monoisotopic (exact) mass is 421 g/mol. The number of carbonyl (C=O) groups excluding carboxylic acids is 2. The van der Waals surface area contributed by atoms with Gasteiger partial charge in [0, 0.05) is 52.0 Å². The summed E-state index contributed by atoms with van der Waals surface area (Å²) in [7, 11) is 0. The molecule has 29 heavy (non-hydrogen) atoms. The summed E-state index contributed by atoms with van der Waals surface area (Å²) in [6.07, 6.45) is 3.81. The van der Waals surface area contributed by atoms with E-state index < -0.39 is 0 Å². The van der Waals surface area contributed by atoms with Crippen LogP contribution in [0.5, 0.6) is 0 Å². The molecule has 162 valence electrons. The maximum Gasteiger partial charge on any atom is 0.263 e. The molecule has 1 N–H and O–H groups in total. The van der Waals surface area contributed by atoms with Crippen molar-refractivity contribution in [3.05, 3.63) is 22.4 Å². The van der Waals surface area contributed by atoms with Gasteiger partial charge in [0.25, 0.3) is 5.91 Å². The second-order valence-electron chi connectivity index (χ2n) is 8.30. The van der Waals surface area contributed by atoms with Crippen LogP contribution in [0.25, 0.3) is 0 Å². The van der Waals surface area contributed by atoms with Gasteiger partial charge in [0.15, 0.2) is 0 Å². The summed E-state index contributed by atoms with van der Waals surface area (Å²) in [5, 5.41) is 5.23. The van der Waals surface area contributed by atoms with E-state index in [-0.39, 0.29) is 23.8 Å². The molecule has 3 rings (SSSR count). The van der Waals surface area contributed by atoms with Crippen molar-refractivity contribution in [2.45, 2.75) is 45.6 Å². The maximum atomic E-state index is 12.9. The number of nitrogens with one attached hydrogen (secondary N) is 1. The van der Waals surface area contributed by atoms with Gasteiger partial charge in [-0.2, -0.15) is 0 Å². The zero-order valence-electron chi connectivity index (χ0n) is 17.8. The average Bonchev–Trinajstić information content (AvgIpc) is 3.27. The molecule has 3 unspecified atom stereocenters. The van der Waals surface area contributed by atoms with Crippen LogP contribution in [0.15, 0.2) is 17.5 Å². The van der Waals surface area contributed by atoms with E-state index in [1.54, 1.807) is 0 Å². The van der Waals surface area contributed by atoms with Crippen LogP contribution >= 0.6 is 11.3 Å². The molecule has 6 nitrogen and oxygen atoms in total. The topological polar surface area (TPSA) is 61.9 Å². The Balaban J connectivity index is 1.44. The molecule has 2 fully saturated rings. The second kappa shape index (κ2) is 11.1. The highest BCUT2D eigenvalue weighted by Gasteiger charge is 2.32. The number of hydrogen-bond donors (Lipinski definition) is 1. The molecule has 2 saturated heterocycles. The lowest BCUT2D eigenvalue weighted by molar-refractivity contribution is -0.127. The minimum atomic E-state index is -0.0934. The predicted molar refractivity (Wildman–Crippen MR) is 116 cm³/mol. The lowest BCUT2D eigenvalue weighted by Crippen LogP contribution is -2.53. The van der Waals surface area contributed by atoms with Gasteiger partial charge in [-0.15, -0.1) is 11.3 Å². The summed E-state index contributed by atoms with van der Waals surface area (Å²) in [6.45, 7) is 10.2. The highest BCUT2D eigenvalue weighted by atomic mass is 32.1. The third-order valence-electron chi connectivity index (χ3n) is 6.10.